The van der Waals surface area contributed by atoms with E-state index in [9.17, 15) is 22.7 Å². The van der Waals surface area contributed by atoms with E-state index < -0.39 is 23.3 Å². The van der Waals surface area contributed by atoms with E-state index in [1.165, 1.54) is 42.0 Å². The van der Waals surface area contributed by atoms with Gasteiger partial charge in [-0.25, -0.2) is 27.5 Å². The number of hydrogen-bond donors (Lipinski definition) is 1. The monoisotopic (exact) mass is 828 g/mol. The summed E-state index contributed by atoms with van der Waals surface area (Å²) >= 11 is 0. The van der Waals surface area contributed by atoms with E-state index in [1.54, 1.807) is 6.07 Å². The van der Waals surface area contributed by atoms with Gasteiger partial charge < -0.3 is 19.3 Å². The van der Waals surface area contributed by atoms with Gasteiger partial charge in [-0.15, -0.1) is 0 Å². The summed E-state index contributed by atoms with van der Waals surface area (Å²) in [6.45, 7) is 8.79. The van der Waals surface area contributed by atoms with E-state index in [-0.39, 0.29) is 54.3 Å². The lowest BCUT2D eigenvalue weighted by atomic mass is 9.98. The molecule has 6 aromatic rings. The van der Waals surface area contributed by atoms with E-state index in [1.807, 2.05) is 80.6 Å². The molecule has 2 atom stereocenters. The molecule has 0 amide bonds. The van der Waals surface area contributed by atoms with Gasteiger partial charge in [-0.1, -0.05) is 99.5 Å². The van der Waals surface area contributed by atoms with Crippen molar-refractivity contribution < 1.29 is 36.9 Å². The molecule has 61 heavy (non-hydrogen) atoms. The molecule has 2 unspecified atom stereocenters. The van der Waals surface area contributed by atoms with Crippen LogP contribution in [0.4, 0.5) is 17.6 Å². The average Bonchev–Trinajstić information content (AvgIpc) is 3.94. The van der Waals surface area contributed by atoms with Crippen LogP contribution in [0.15, 0.2) is 131 Å². The first-order chi connectivity index (χ1) is 29.5. The first-order valence-electron chi connectivity index (χ1n) is 20.6. The van der Waals surface area contributed by atoms with Crippen LogP contribution in [-0.4, -0.2) is 36.2 Å². The number of phenols is 1. The Morgan fingerprint density at radius 3 is 1.43 bits per heavy atom. The predicted molar refractivity (Wildman–Crippen MR) is 232 cm³/mol. The van der Waals surface area contributed by atoms with Crippen molar-refractivity contribution in [2.24, 2.45) is 9.98 Å². The molecule has 2 heterocycles. The molecule has 0 aromatic heterocycles. The smallest absolute Gasteiger partial charge is 0.222 e. The second-order valence-corrected chi connectivity index (χ2v) is 15.3. The highest BCUT2D eigenvalue weighted by molar-refractivity contribution is 5.96. The van der Waals surface area contributed by atoms with Gasteiger partial charge in [-0.3, -0.25) is 0 Å². The summed E-state index contributed by atoms with van der Waals surface area (Å²) in [7, 11) is 0. The quantitative estimate of drug-likeness (QED) is 0.125. The molecule has 0 aliphatic carbocycles. The second kappa shape index (κ2) is 19.3. The van der Waals surface area contributed by atoms with Crippen LogP contribution in [0.5, 0.6) is 11.5 Å². The first-order valence-corrected chi connectivity index (χ1v) is 20.6. The van der Waals surface area contributed by atoms with E-state index in [0.29, 0.717) is 5.75 Å². The van der Waals surface area contributed by atoms with Gasteiger partial charge in [0, 0.05) is 0 Å². The first kappa shape index (κ1) is 42.7. The fourth-order valence-corrected chi connectivity index (χ4v) is 7.39. The van der Waals surface area contributed by atoms with Crippen molar-refractivity contribution >= 4 is 11.8 Å². The van der Waals surface area contributed by atoms with Gasteiger partial charge in [0.25, 0.3) is 0 Å². The molecular weight excluding hydrogens is 781 g/mol. The number of rotatable bonds is 12. The fourth-order valence-electron chi connectivity index (χ4n) is 7.39. The van der Waals surface area contributed by atoms with E-state index >= 15 is 0 Å². The molecule has 0 fully saturated rings. The molecule has 0 radical (unpaired) electrons. The fraction of sp³-hybridized carbons (Fsp3) is 0.255. The van der Waals surface area contributed by atoms with Crippen LogP contribution in [0.1, 0.15) is 86.0 Å². The number of nitrogens with zero attached hydrogens (tertiary/aromatic N) is 2. The molecule has 0 bridgehead atoms. The van der Waals surface area contributed by atoms with Gasteiger partial charge in [-0.2, -0.15) is 0 Å². The van der Waals surface area contributed by atoms with Gasteiger partial charge in [0.05, 0.1) is 6.10 Å². The number of aryl methyl sites for hydroxylation is 2. The Morgan fingerprint density at radius 1 is 0.574 bits per heavy atom. The maximum Gasteiger partial charge on any atom is 0.222 e. The molecule has 1 N–H and O–H groups in total. The van der Waals surface area contributed by atoms with E-state index in [0.717, 1.165) is 70.4 Å². The zero-order chi connectivity index (χ0) is 43.0. The predicted octanol–water partition coefficient (Wildman–Crippen LogP) is 12.7. The minimum atomic E-state index is -0.685. The van der Waals surface area contributed by atoms with Crippen molar-refractivity contribution in [2.45, 2.75) is 71.6 Å². The highest BCUT2D eigenvalue weighted by atomic mass is 19.1. The summed E-state index contributed by atoms with van der Waals surface area (Å²) in [5, 5.41) is 9.98. The number of aliphatic imine (C=N–C) groups is 2. The lowest BCUT2D eigenvalue weighted by molar-refractivity contribution is 0.240. The Morgan fingerprint density at radius 2 is 0.984 bits per heavy atom. The van der Waals surface area contributed by atoms with Crippen molar-refractivity contribution in [3.8, 4) is 33.8 Å². The molecule has 0 saturated carbocycles. The van der Waals surface area contributed by atoms with Crippen LogP contribution in [0.25, 0.3) is 22.3 Å². The molecule has 8 rings (SSSR count). The molecule has 0 saturated heterocycles. The molecule has 2 aliphatic rings. The van der Waals surface area contributed by atoms with Crippen molar-refractivity contribution in [2.75, 3.05) is 13.2 Å². The second-order valence-electron chi connectivity index (χ2n) is 15.3. The molecule has 0 spiro atoms. The molecule has 6 nitrogen and oxygen atoms in total. The largest absolute Gasteiger partial charge is 0.508 e. The van der Waals surface area contributed by atoms with Crippen molar-refractivity contribution in [1.29, 1.82) is 0 Å². The number of hydrogen-bond acceptors (Lipinski definition) is 6. The standard InChI is InChI=1S/C27H27F2NO2.C24H21F2NO2/c1-4-6-21-15-20(13-14-25(21)32-17(2)3)18-9-11-19(12-10-18)24-16-31-27(30-24)26-22(28)7-5-8-23(26)29;1-2-4-18-13-17(11-12-22(18)28)15-7-9-16(10-8-15)21-14-29-24(27-21)23-19(25)5-3-6-20(23)26/h5,7-15,17,24H,4,6,16H2,1-3H3;3,5-13,21,28H,2,4,14H2,1H3. The molecular formula is C51H48F4N2O4. The topological polar surface area (TPSA) is 72.6 Å². The summed E-state index contributed by atoms with van der Waals surface area (Å²) in [6.07, 6.45) is 3.91. The molecule has 2 aliphatic heterocycles. The van der Waals surface area contributed by atoms with Crippen molar-refractivity contribution in [3.63, 3.8) is 0 Å². The normalized spacial score (nSPS) is 15.7. The van der Waals surface area contributed by atoms with Crippen molar-refractivity contribution in [3.05, 3.63) is 178 Å². The highest BCUT2D eigenvalue weighted by Gasteiger charge is 2.27. The van der Waals surface area contributed by atoms with Gasteiger partial charge in [0.15, 0.2) is 0 Å². The molecule has 10 heteroatoms. The summed E-state index contributed by atoms with van der Waals surface area (Å²) in [5.41, 5.74) is 7.81. The van der Waals surface area contributed by atoms with Crippen LogP contribution in [0.2, 0.25) is 0 Å². The van der Waals surface area contributed by atoms with Gasteiger partial charge in [0.1, 0.15) is 71.2 Å². The third kappa shape index (κ3) is 9.97. The number of aromatic hydroxyl groups is 1. The Kier molecular flexibility index (Phi) is 13.5. The summed E-state index contributed by atoms with van der Waals surface area (Å²) < 4.78 is 73.0. The van der Waals surface area contributed by atoms with Crippen LogP contribution in [0.3, 0.4) is 0 Å². The lowest BCUT2D eigenvalue weighted by Crippen LogP contribution is -2.07. The van der Waals surface area contributed by atoms with Crippen LogP contribution in [0, 0.1) is 23.3 Å². The van der Waals surface area contributed by atoms with Crippen molar-refractivity contribution in [1.82, 2.24) is 0 Å². The third-order valence-electron chi connectivity index (χ3n) is 10.5. The summed E-state index contributed by atoms with van der Waals surface area (Å²) in [4.78, 5) is 8.81. The minimum absolute atomic E-state index is 0.00239. The zero-order valence-corrected chi connectivity index (χ0v) is 34.6. The SMILES string of the molecule is CCCc1cc(-c2ccc(C3COC(c4c(F)cccc4F)=N3)cc2)ccc1O.CCCc1cc(-c2ccc(C3COC(c4c(F)cccc4F)=N3)cc2)ccc1OC(C)C. The third-order valence-corrected chi connectivity index (χ3v) is 10.5. The number of ether oxygens (including phenoxy) is 3. The van der Waals surface area contributed by atoms with Gasteiger partial charge in [-0.05, 0) is 120 Å². The van der Waals surface area contributed by atoms with Gasteiger partial charge in [0.2, 0.25) is 11.8 Å². The van der Waals surface area contributed by atoms with Crippen LogP contribution >= 0.6 is 0 Å². The number of phenolic OH excluding ortho intramolecular Hbond substituents is 1. The maximum atomic E-state index is 14.0. The average molecular weight is 829 g/mol. The summed E-state index contributed by atoms with van der Waals surface area (Å²) in [5.74, 6) is -1.45. The lowest BCUT2D eigenvalue weighted by Gasteiger charge is -2.15. The molecule has 6 aromatic carbocycles. The van der Waals surface area contributed by atoms with E-state index in [4.69, 9.17) is 14.2 Å². The van der Waals surface area contributed by atoms with E-state index in [2.05, 4.69) is 36.0 Å². The van der Waals surface area contributed by atoms with Gasteiger partial charge >= 0.3 is 0 Å². The van der Waals surface area contributed by atoms with Crippen LogP contribution < -0.4 is 4.74 Å². The number of benzene rings is 6. The Bertz CT molecular complexity index is 2500. The highest BCUT2D eigenvalue weighted by Crippen LogP contribution is 2.33. The zero-order valence-electron chi connectivity index (χ0n) is 34.6. The minimum Gasteiger partial charge on any atom is -0.508 e. The molecule has 314 valence electrons. The number of halogens is 4. The van der Waals surface area contributed by atoms with Crippen LogP contribution in [-0.2, 0) is 22.3 Å². The maximum absolute atomic E-state index is 14.0. The Hall–Kier alpha value is -6.42. The Labute approximate surface area is 354 Å². The summed E-state index contributed by atoms with van der Waals surface area (Å²) in [6, 6.07) is 34.7. The Balaban J connectivity index is 0.000000185.